The Kier molecular flexibility index (Phi) is 4.08. The highest BCUT2D eigenvalue weighted by atomic mass is 19.4. The summed E-state index contributed by atoms with van der Waals surface area (Å²) >= 11 is 0. The maximum atomic E-state index is 13.8. The Morgan fingerprint density at radius 2 is 2.00 bits per heavy atom. The number of imidazole rings is 1. The van der Waals surface area contributed by atoms with Crippen molar-refractivity contribution in [3.05, 3.63) is 59.3 Å². The van der Waals surface area contributed by atoms with Crippen molar-refractivity contribution in [3.8, 4) is 5.75 Å². The fourth-order valence-corrected chi connectivity index (χ4v) is 5.85. The van der Waals surface area contributed by atoms with Gasteiger partial charge in [-0.25, -0.2) is 15.0 Å². The first-order chi connectivity index (χ1) is 17.2. The lowest BCUT2D eigenvalue weighted by molar-refractivity contribution is -0.137. The van der Waals surface area contributed by atoms with E-state index >= 15 is 0 Å². The number of carbonyl (C=O) groups excluding carboxylic acids is 1. The molecule has 2 aliphatic heterocycles. The Morgan fingerprint density at radius 3 is 2.75 bits per heavy atom. The topological polar surface area (TPSA) is 98.6 Å². The van der Waals surface area contributed by atoms with Gasteiger partial charge in [-0.2, -0.15) is 13.2 Å². The number of anilines is 1. The van der Waals surface area contributed by atoms with Crippen LogP contribution in [0.4, 0.5) is 19.0 Å². The van der Waals surface area contributed by atoms with E-state index in [1.54, 1.807) is 21.7 Å². The van der Waals surface area contributed by atoms with E-state index in [9.17, 15) is 18.0 Å². The Hall–Kier alpha value is -3.89. The molecule has 2 atom stereocenters. The molecule has 1 aromatic carbocycles. The molecule has 2 N–H and O–H groups in total. The summed E-state index contributed by atoms with van der Waals surface area (Å²) in [7, 11) is 0. The maximum Gasteiger partial charge on any atom is 0.416 e. The maximum absolute atomic E-state index is 13.8. The smallest absolute Gasteiger partial charge is 0.416 e. The summed E-state index contributed by atoms with van der Waals surface area (Å²) in [4.78, 5) is 28.6. The molecule has 0 bridgehead atoms. The zero-order valence-electron chi connectivity index (χ0n) is 19.2. The van der Waals surface area contributed by atoms with Crippen molar-refractivity contribution < 1.29 is 22.7 Å². The van der Waals surface area contributed by atoms with Gasteiger partial charge in [-0.1, -0.05) is 6.07 Å². The molecule has 7 rings (SSSR count). The first-order valence-corrected chi connectivity index (χ1v) is 11.7. The lowest BCUT2D eigenvalue weighted by atomic mass is 9.82. The number of aromatic nitrogens is 4. The van der Waals surface area contributed by atoms with Gasteiger partial charge >= 0.3 is 6.18 Å². The molecule has 8 nitrogen and oxygen atoms in total. The van der Waals surface area contributed by atoms with E-state index in [1.807, 2.05) is 6.92 Å². The summed E-state index contributed by atoms with van der Waals surface area (Å²) in [6.45, 7) is 2.30. The summed E-state index contributed by atoms with van der Waals surface area (Å²) in [6.07, 6.45) is 0.904. The Balaban J connectivity index is 1.31. The second kappa shape index (κ2) is 6.86. The number of amides is 1. The third kappa shape index (κ3) is 2.88. The number of carbonyl (C=O) groups is 1. The molecule has 5 heterocycles. The third-order valence-corrected chi connectivity index (χ3v) is 7.92. The summed E-state index contributed by atoms with van der Waals surface area (Å²) in [5.41, 5.74) is 8.61. The predicted octanol–water partition coefficient (Wildman–Crippen LogP) is 4.32. The van der Waals surface area contributed by atoms with Gasteiger partial charge < -0.3 is 15.4 Å². The molecule has 0 radical (unpaired) electrons. The van der Waals surface area contributed by atoms with Crippen molar-refractivity contribution in [2.75, 3.05) is 12.3 Å². The predicted molar refractivity (Wildman–Crippen MR) is 123 cm³/mol. The summed E-state index contributed by atoms with van der Waals surface area (Å²) < 4.78 is 47.9. The minimum atomic E-state index is -4.47. The number of nitrogens with two attached hydrogens (primary N) is 1. The van der Waals surface area contributed by atoms with Crippen LogP contribution in [0.2, 0.25) is 0 Å². The fourth-order valence-electron chi connectivity index (χ4n) is 5.85. The second-order valence-corrected chi connectivity index (χ2v) is 9.95. The molecule has 3 aliphatic rings. The molecule has 1 saturated heterocycles. The van der Waals surface area contributed by atoms with Crippen LogP contribution in [0.25, 0.3) is 16.6 Å². The molecule has 184 valence electrons. The van der Waals surface area contributed by atoms with Gasteiger partial charge in [0, 0.05) is 17.5 Å². The van der Waals surface area contributed by atoms with Gasteiger partial charge in [0.15, 0.2) is 5.82 Å². The number of piperidine rings is 1. The molecule has 1 amide bonds. The minimum absolute atomic E-state index is 0.0996. The number of benzene rings is 1. The van der Waals surface area contributed by atoms with Gasteiger partial charge in [-0.05, 0) is 44.4 Å². The number of rotatable bonds is 1. The molecule has 36 heavy (non-hydrogen) atoms. The van der Waals surface area contributed by atoms with Gasteiger partial charge in [-0.3, -0.25) is 9.20 Å². The summed E-state index contributed by atoms with van der Waals surface area (Å²) in [6, 6.07) is 4.75. The van der Waals surface area contributed by atoms with Gasteiger partial charge in [0.2, 0.25) is 0 Å². The molecular formula is C25H21F3N6O2. The van der Waals surface area contributed by atoms with Gasteiger partial charge in [0.25, 0.3) is 5.91 Å². The van der Waals surface area contributed by atoms with E-state index in [1.165, 1.54) is 12.3 Å². The quantitative estimate of drug-likeness (QED) is 0.423. The molecule has 0 unspecified atom stereocenters. The van der Waals surface area contributed by atoms with E-state index < -0.39 is 17.8 Å². The molecule has 1 aliphatic carbocycles. The zero-order valence-corrected chi connectivity index (χ0v) is 19.2. The van der Waals surface area contributed by atoms with Crippen molar-refractivity contribution in [2.45, 2.75) is 44.5 Å². The molecule has 3 aromatic heterocycles. The highest BCUT2D eigenvalue weighted by molar-refractivity contribution is 5.96. The number of fused-ring (bicyclic) bond motifs is 7. The number of alkyl halides is 3. The number of ether oxygens (including phenoxy) is 1. The van der Waals surface area contributed by atoms with Crippen LogP contribution in [-0.2, 0) is 6.18 Å². The van der Waals surface area contributed by atoms with E-state index in [-0.39, 0.29) is 28.9 Å². The van der Waals surface area contributed by atoms with Crippen molar-refractivity contribution >= 4 is 28.3 Å². The highest BCUT2D eigenvalue weighted by Gasteiger charge is 2.61. The van der Waals surface area contributed by atoms with Crippen LogP contribution >= 0.6 is 0 Å². The number of nitrogens with zero attached hydrogens (tertiary/aromatic N) is 5. The zero-order chi connectivity index (χ0) is 25.0. The first-order valence-electron chi connectivity index (χ1n) is 11.7. The van der Waals surface area contributed by atoms with E-state index in [0.717, 1.165) is 37.1 Å². The number of nitrogen functional groups attached to an aromatic ring is 1. The van der Waals surface area contributed by atoms with Crippen molar-refractivity contribution in [1.29, 1.82) is 0 Å². The average Bonchev–Trinajstić information content (AvgIpc) is 3.33. The Bertz CT molecular complexity index is 1590. The highest BCUT2D eigenvalue weighted by Crippen LogP contribution is 2.62. The van der Waals surface area contributed by atoms with Crippen LogP contribution in [0.5, 0.6) is 5.75 Å². The number of likely N-dealkylation sites (tertiary alicyclic amines) is 1. The van der Waals surface area contributed by atoms with Crippen LogP contribution in [0.15, 0.2) is 36.8 Å². The van der Waals surface area contributed by atoms with Crippen molar-refractivity contribution in [2.24, 2.45) is 5.41 Å². The fraction of sp³-hybridized carbons (Fsp3) is 0.360. The SMILES string of the molecule is Cc1ncn2c1c(N)nc1cnc(C(=O)N3CCC4(CC4)[C@@H]4Oc5cc(C(F)(F)F)ccc5[C@@H]43)cc12. The lowest BCUT2D eigenvalue weighted by Crippen LogP contribution is -2.49. The molecular weight excluding hydrogens is 473 g/mol. The van der Waals surface area contributed by atoms with E-state index in [0.29, 0.717) is 34.5 Å². The normalized spacial score (nSPS) is 22.1. The molecule has 4 aromatic rings. The Labute approximate surface area is 202 Å². The van der Waals surface area contributed by atoms with Crippen molar-refractivity contribution in [3.63, 3.8) is 0 Å². The Morgan fingerprint density at radius 1 is 1.19 bits per heavy atom. The van der Waals surface area contributed by atoms with Gasteiger partial charge in [0.1, 0.15) is 34.9 Å². The largest absolute Gasteiger partial charge is 0.487 e. The molecule has 1 saturated carbocycles. The number of aryl methyl sites for hydroxylation is 1. The molecule has 11 heteroatoms. The van der Waals surface area contributed by atoms with Crippen molar-refractivity contribution in [1.82, 2.24) is 24.3 Å². The monoisotopic (exact) mass is 494 g/mol. The standard InChI is InChI=1S/C25H21F3N6O2/c1-12-19-22(29)32-16-10-30-15(9-17(16)34(19)11-31-12)23(35)33-7-6-24(4-5-24)21-20(33)14-3-2-13(25(26,27)28)8-18(14)36-21/h2-3,8-11,20-21H,4-7H2,1H3,(H2,29,32)/t20-,21+/m0/s1. The van der Waals surface area contributed by atoms with Crippen LogP contribution in [-0.4, -0.2) is 42.8 Å². The second-order valence-electron chi connectivity index (χ2n) is 9.95. The van der Waals surface area contributed by atoms with E-state index in [4.69, 9.17) is 10.5 Å². The third-order valence-electron chi connectivity index (χ3n) is 7.92. The van der Waals surface area contributed by atoms with Crippen LogP contribution in [0.3, 0.4) is 0 Å². The van der Waals surface area contributed by atoms with Crippen LogP contribution < -0.4 is 10.5 Å². The summed E-state index contributed by atoms with van der Waals surface area (Å²) in [5, 5.41) is 0. The first kappa shape index (κ1) is 21.4. The van der Waals surface area contributed by atoms with Gasteiger partial charge in [0.05, 0.1) is 29.0 Å². The van der Waals surface area contributed by atoms with Gasteiger partial charge in [-0.15, -0.1) is 0 Å². The lowest BCUT2D eigenvalue weighted by Gasteiger charge is -2.41. The molecule has 1 spiro atoms. The number of hydrogen-bond donors (Lipinski definition) is 1. The number of hydrogen-bond acceptors (Lipinski definition) is 6. The number of halogens is 3. The summed E-state index contributed by atoms with van der Waals surface area (Å²) in [5.74, 6) is 0.220. The van der Waals surface area contributed by atoms with Crippen LogP contribution in [0.1, 0.15) is 52.6 Å². The van der Waals surface area contributed by atoms with Crippen LogP contribution in [0, 0.1) is 12.3 Å². The minimum Gasteiger partial charge on any atom is -0.487 e. The number of pyridine rings is 1. The van der Waals surface area contributed by atoms with E-state index in [2.05, 4.69) is 15.0 Å². The average molecular weight is 494 g/mol. The molecule has 2 fully saturated rings.